The van der Waals surface area contributed by atoms with Crippen molar-refractivity contribution in [3.05, 3.63) is 46.3 Å². The number of aryl methyl sites for hydroxylation is 1. The van der Waals surface area contributed by atoms with Crippen LogP contribution in [0.25, 0.3) is 0 Å². The van der Waals surface area contributed by atoms with Gasteiger partial charge in [-0.25, -0.2) is 4.79 Å². The van der Waals surface area contributed by atoms with Gasteiger partial charge in [0.15, 0.2) is 0 Å². The summed E-state index contributed by atoms with van der Waals surface area (Å²) in [5.74, 6) is -0.0821. The first-order valence-corrected chi connectivity index (χ1v) is 6.43. The predicted octanol–water partition coefficient (Wildman–Crippen LogP) is 4.20. The van der Waals surface area contributed by atoms with E-state index >= 15 is 0 Å². The first-order chi connectivity index (χ1) is 8.08. The Morgan fingerprint density at radius 2 is 2.18 bits per heavy atom. The highest BCUT2D eigenvalue weighted by molar-refractivity contribution is 9.10. The Morgan fingerprint density at radius 1 is 1.41 bits per heavy atom. The summed E-state index contributed by atoms with van der Waals surface area (Å²) in [6.07, 6.45) is 1.64. The number of hydrogen-bond donors (Lipinski definition) is 1. The lowest BCUT2D eigenvalue weighted by atomic mass is 10.2. The summed E-state index contributed by atoms with van der Waals surface area (Å²) in [7, 11) is 0. The number of carboxylic acids is 1. The molecule has 0 aliphatic carbocycles. The normalized spacial score (nSPS) is 10.5. The second-order valence-corrected chi connectivity index (χ2v) is 5.36. The summed E-state index contributed by atoms with van der Waals surface area (Å²) in [5.41, 5.74) is 0.262. The van der Waals surface area contributed by atoms with Crippen molar-refractivity contribution in [3.63, 3.8) is 0 Å². The van der Waals surface area contributed by atoms with E-state index in [9.17, 15) is 4.79 Å². The molecule has 88 valence electrons. The number of aromatic carboxylic acids is 1. The van der Waals surface area contributed by atoms with E-state index in [1.807, 2.05) is 13.0 Å². The van der Waals surface area contributed by atoms with Crippen LogP contribution in [0.4, 0.5) is 0 Å². The molecule has 5 heteroatoms. The van der Waals surface area contributed by atoms with Crippen molar-refractivity contribution in [1.29, 1.82) is 0 Å². The smallest absolute Gasteiger partial charge is 0.336 e. The molecule has 0 aliphatic heterocycles. The Labute approximate surface area is 111 Å². The molecule has 0 atom stereocenters. The van der Waals surface area contributed by atoms with Crippen LogP contribution in [0.1, 0.15) is 16.1 Å². The first kappa shape index (κ1) is 12.3. The lowest BCUT2D eigenvalue weighted by molar-refractivity contribution is 0.0696. The molecule has 0 amide bonds. The van der Waals surface area contributed by atoms with Gasteiger partial charge < -0.3 is 9.52 Å². The molecule has 1 aromatic heterocycles. The largest absolute Gasteiger partial charge is 0.478 e. The van der Waals surface area contributed by atoms with Gasteiger partial charge in [0.05, 0.1) is 16.7 Å². The number of benzene rings is 1. The summed E-state index contributed by atoms with van der Waals surface area (Å²) in [4.78, 5) is 12.8. The molecule has 1 N–H and O–H groups in total. The Bertz CT molecular complexity index is 563. The standard InChI is InChI=1S/C12H9BrO3S/c1-7-11(4-5-16-7)17-8-2-3-9(12(14)15)10(13)6-8/h2-6H,1H3,(H,14,15). The SMILES string of the molecule is Cc1occc1Sc1ccc(C(=O)O)c(Br)c1. The number of rotatable bonds is 3. The van der Waals surface area contributed by atoms with Crippen LogP contribution < -0.4 is 0 Å². The third-order valence-corrected chi connectivity index (χ3v) is 4.00. The molecule has 1 heterocycles. The molecule has 0 spiro atoms. The summed E-state index contributed by atoms with van der Waals surface area (Å²) >= 11 is 4.79. The van der Waals surface area contributed by atoms with Gasteiger partial charge in [0.1, 0.15) is 5.76 Å². The second-order valence-electron chi connectivity index (χ2n) is 3.39. The molecule has 0 fully saturated rings. The summed E-state index contributed by atoms with van der Waals surface area (Å²) in [6, 6.07) is 7.05. The van der Waals surface area contributed by atoms with Gasteiger partial charge in [0.2, 0.25) is 0 Å². The average molecular weight is 313 g/mol. The van der Waals surface area contributed by atoms with Crippen LogP contribution in [-0.2, 0) is 0 Å². The maximum atomic E-state index is 10.9. The molecule has 0 unspecified atom stereocenters. The van der Waals surface area contributed by atoms with Gasteiger partial charge in [-0.2, -0.15) is 0 Å². The molecule has 0 saturated carbocycles. The van der Waals surface area contributed by atoms with E-state index in [2.05, 4.69) is 15.9 Å². The Morgan fingerprint density at radius 3 is 2.71 bits per heavy atom. The van der Waals surface area contributed by atoms with Crippen molar-refractivity contribution >= 4 is 33.7 Å². The minimum Gasteiger partial charge on any atom is -0.478 e. The van der Waals surface area contributed by atoms with E-state index in [-0.39, 0.29) is 5.56 Å². The van der Waals surface area contributed by atoms with Crippen LogP contribution in [0, 0.1) is 6.92 Å². The minimum absolute atomic E-state index is 0.262. The topological polar surface area (TPSA) is 50.4 Å². The van der Waals surface area contributed by atoms with Gasteiger partial charge >= 0.3 is 5.97 Å². The number of carbonyl (C=O) groups is 1. The van der Waals surface area contributed by atoms with E-state index in [1.165, 1.54) is 11.8 Å². The van der Waals surface area contributed by atoms with E-state index < -0.39 is 5.97 Å². The lowest BCUT2D eigenvalue weighted by Crippen LogP contribution is -1.96. The van der Waals surface area contributed by atoms with Gasteiger partial charge in [-0.1, -0.05) is 11.8 Å². The van der Waals surface area contributed by atoms with Gasteiger partial charge in [-0.05, 0) is 47.1 Å². The number of carboxylic acid groups (broad SMARTS) is 1. The molecule has 0 aliphatic rings. The molecule has 1 aromatic carbocycles. The zero-order valence-electron chi connectivity index (χ0n) is 8.94. The Hall–Kier alpha value is -1.20. The lowest BCUT2D eigenvalue weighted by Gasteiger charge is -2.03. The van der Waals surface area contributed by atoms with E-state index in [4.69, 9.17) is 9.52 Å². The van der Waals surface area contributed by atoms with Gasteiger partial charge in [0.25, 0.3) is 0 Å². The molecular weight excluding hydrogens is 304 g/mol. The molecule has 0 saturated heterocycles. The number of hydrogen-bond acceptors (Lipinski definition) is 3. The van der Waals surface area contributed by atoms with Gasteiger partial charge in [-0.15, -0.1) is 0 Å². The highest BCUT2D eigenvalue weighted by atomic mass is 79.9. The van der Waals surface area contributed by atoms with Gasteiger partial charge in [-0.3, -0.25) is 0 Å². The van der Waals surface area contributed by atoms with Crippen LogP contribution in [0.15, 0.2) is 49.2 Å². The molecular formula is C12H9BrO3S. The minimum atomic E-state index is -0.937. The number of halogens is 1. The fourth-order valence-electron chi connectivity index (χ4n) is 1.34. The van der Waals surface area contributed by atoms with Crippen molar-refractivity contribution in [2.45, 2.75) is 16.7 Å². The maximum absolute atomic E-state index is 10.9. The highest BCUT2D eigenvalue weighted by Crippen LogP contribution is 2.33. The summed E-state index contributed by atoms with van der Waals surface area (Å²) < 4.78 is 5.78. The van der Waals surface area contributed by atoms with Crippen molar-refractivity contribution in [1.82, 2.24) is 0 Å². The fraction of sp³-hybridized carbons (Fsp3) is 0.0833. The quantitative estimate of drug-likeness (QED) is 0.922. The molecule has 17 heavy (non-hydrogen) atoms. The Kier molecular flexibility index (Phi) is 3.59. The zero-order valence-corrected chi connectivity index (χ0v) is 11.3. The monoisotopic (exact) mass is 312 g/mol. The summed E-state index contributed by atoms with van der Waals surface area (Å²) in [6.45, 7) is 1.89. The molecule has 2 aromatic rings. The van der Waals surface area contributed by atoms with Crippen LogP contribution in [0.5, 0.6) is 0 Å². The van der Waals surface area contributed by atoms with E-state index in [0.29, 0.717) is 4.47 Å². The molecule has 0 bridgehead atoms. The van der Waals surface area contributed by atoms with Crippen molar-refractivity contribution < 1.29 is 14.3 Å². The van der Waals surface area contributed by atoms with Crippen LogP contribution in [0.3, 0.4) is 0 Å². The predicted molar refractivity (Wildman–Crippen MR) is 68.7 cm³/mol. The average Bonchev–Trinajstić information content (AvgIpc) is 2.64. The highest BCUT2D eigenvalue weighted by Gasteiger charge is 2.10. The van der Waals surface area contributed by atoms with Crippen LogP contribution >= 0.6 is 27.7 Å². The Balaban J connectivity index is 2.27. The third kappa shape index (κ3) is 2.73. The third-order valence-electron chi connectivity index (χ3n) is 2.21. The van der Waals surface area contributed by atoms with E-state index in [1.54, 1.807) is 24.5 Å². The second kappa shape index (κ2) is 4.98. The summed E-state index contributed by atoms with van der Waals surface area (Å²) in [5, 5.41) is 8.91. The molecule has 2 rings (SSSR count). The molecule has 0 radical (unpaired) electrons. The van der Waals surface area contributed by atoms with Gasteiger partial charge in [0, 0.05) is 9.37 Å². The van der Waals surface area contributed by atoms with E-state index in [0.717, 1.165) is 15.6 Å². The fourth-order valence-corrected chi connectivity index (χ4v) is 2.92. The maximum Gasteiger partial charge on any atom is 0.336 e. The zero-order chi connectivity index (χ0) is 12.4. The van der Waals surface area contributed by atoms with Crippen molar-refractivity contribution in [2.75, 3.05) is 0 Å². The van der Waals surface area contributed by atoms with Crippen LogP contribution in [-0.4, -0.2) is 11.1 Å². The first-order valence-electron chi connectivity index (χ1n) is 4.82. The number of furan rings is 1. The van der Waals surface area contributed by atoms with Crippen molar-refractivity contribution in [3.8, 4) is 0 Å². The van der Waals surface area contributed by atoms with Crippen LogP contribution in [0.2, 0.25) is 0 Å². The van der Waals surface area contributed by atoms with Crippen molar-refractivity contribution in [2.24, 2.45) is 0 Å². The molecule has 3 nitrogen and oxygen atoms in total.